The Morgan fingerprint density at radius 3 is 2.51 bits per heavy atom. The molecule has 0 spiro atoms. The molecule has 3 saturated carbocycles. The summed E-state index contributed by atoms with van der Waals surface area (Å²) in [6, 6.07) is 0. The molecule has 0 amide bonds. The van der Waals surface area contributed by atoms with Gasteiger partial charge in [0.05, 0.1) is 18.9 Å². The molecule has 9 heteroatoms. The number of aliphatic hydroxyl groups is 2. The minimum absolute atomic E-state index is 0.00645. The molecule has 3 fully saturated rings. The molecule has 0 radical (unpaired) electrons. The summed E-state index contributed by atoms with van der Waals surface area (Å²) in [7, 11) is 0. The second-order valence-corrected chi connectivity index (χ2v) is 10.6. The first kappa shape index (κ1) is 28.3. The van der Waals surface area contributed by atoms with E-state index in [0.717, 1.165) is 18.4 Å². The molecule has 0 aromatic carbocycles. The van der Waals surface area contributed by atoms with Crippen LogP contribution in [-0.2, 0) is 23.9 Å². The van der Waals surface area contributed by atoms with Gasteiger partial charge in [-0.25, -0.2) is 0 Å². The van der Waals surface area contributed by atoms with Gasteiger partial charge in [0.2, 0.25) is 5.78 Å². The molecular formula is C26H35NaO8. The molecule has 35 heavy (non-hydrogen) atoms. The summed E-state index contributed by atoms with van der Waals surface area (Å²) in [4.78, 5) is 47.4. The van der Waals surface area contributed by atoms with Crippen LogP contribution >= 0.6 is 0 Å². The molecular weight excluding hydrogens is 463 g/mol. The molecule has 7 atom stereocenters. The van der Waals surface area contributed by atoms with E-state index in [2.05, 4.69) is 11.1 Å². The summed E-state index contributed by atoms with van der Waals surface area (Å²) in [5.41, 5.74) is -1.99. The predicted octanol–water partition coefficient (Wildman–Crippen LogP) is 2.18. The van der Waals surface area contributed by atoms with E-state index < -0.39 is 46.9 Å². The summed E-state index contributed by atoms with van der Waals surface area (Å²) in [6.45, 7) is 3.30. The number of esters is 1. The van der Waals surface area contributed by atoms with Crippen LogP contribution in [0.3, 0.4) is 0 Å². The molecule has 4 rings (SSSR count). The van der Waals surface area contributed by atoms with Crippen molar-refractivity contribution in [3.8, 4) is 0 Å². The number of fused-ring (bicyclic) bond motifs is 5. The van der Waals surface area contributed by atoms with Gasteiger partial charge in [0, 0.05) is 16.7 Å². The molecule has 0 bridgehead atoms. The Labute approximate surface area is 223 Å². The van der Waals surface area contributed by atoms with E-state index in [1.807, 2.05) is 13.0 Å². The third-order valence-corrected chi connectivity index (χ3v) is 9.02. The van der Waals surface area contributed by atoms with Gasteiger partial charge in [0.15, 0.2) is 12.4 Å². The van der Waals surface area contributed by atoms with Crippen molar-refractivity contribution >= 4 is 51.4 Å². The van der Waals surface area contributed by atoms with E-state index in [1.54, 1.807) is 12.2 Å². The zero-order valence-electron chi connectivity index (χ0n) is 21.1. The van der Waals surface area contributed by atoms with Gasteiger partial charge in [0.25, 0.3) is 0 Å². The van der Waals surface area contributed by atoms with Crippen LogP contribution in [0.5, 0.6) is 0 Å². The van der Waals surface area contributed by atoms with Crippen LogP contribution < -0.4 is 0 Å². The first-order chi connectivity index (χ1) is 16.4. The second-order valence-electron chi connectivity index (χ2n) is 10.6. The Balaban J connectivity index is 0.00000167. The van der Waals surface area contributed by atoms with Crippen molar-refractivity contribution in [2.24, 2.45) is 28.6 Å². The Kier molecular flexibility index (Phi) is 8.54. The van der Waals surface area contributed by atoms with Crippen molar-refractivity contribution in [1.82, 2.24) is 0 Å². The predicted molar refractivity (Wildman–Crippen MR) is 127 cm³/mol. The molecule has 0 aromatic heterocycles. The summed E-state index contributed by atoms with van der Waals surface area (Å²) >= 11 is 1.31. The van der Waals surface area contributed by atoms with Crippen molar-refractivity contribution in [1.29, 1.82) is 0 Å². The van der Waals surface area contributed by atoms with Crippen molar-refractivity contribution in [3.05, 3.63) is 23.8 Å². The number of ether oxygens (including phenoxy) is 1. The van der Waals surface area contributed by atoms with Gasteiger partial charge in [0.1, 0.15) is 5.60 Å². The fourth-order valence-electron chi connectivity index (χ4n) is 7.34. The van der Waals surface area contributed by atoms with Gasteiger partial charge in [-0.15, -0.1) is 0 Å². The number of carbonyl (C=O) groups is 4. The number of carboxylic acids is 1. The van der Waals surface area contributed by atoms with Crippen molar-refractivity contribution in [2.75, 3.05) is 6.61 Å². The summed E-state index contributed by atoms with van der Waals surface area (Å²) in [6.07, 6.45) is 6.27. The molecule has 0 aromatic rings. The maximum atomic E-state index is 13.1. The Morgan fingerprint density at radius 2 is 1.86 bits per heavy atom. The van der Waals surface area contributed by atoms with Crippen molar-refractivity contribution in [2.45, 2.75) is 74.7 Å². The van der Waals surface area contributed by atoms with Crippen LogP contribution in [0.1, 0.15) is 58.8 Å². The fraction of sp³-hybridized carbons (Fsp3) is 0.692. The number of hydrogen-bond donors (Lipinski definition) is 3. The number of aliphatic carboxylic acids is 1. The van der Waals surface area contributed by atoms with Gasteiger partial charge in [-0.2, -0.15) is 0 Å². The summed E-state index contributed by atoms with van der Waals surface area (Å²) in [5, 5.41) is 31.6. The maximum absolute atomic E-state index is 13.1. The van der Waals surface area contributed by atoms with Crippen LogP contribution in [-0.4, -0.2) is 85.1 Å². The quantitative estimate of drug-likeness (QED) is 0.374. The normalized spacial score (nSPS) is 39.3. The molecule has 4 aliphatic rings. The second kappa shape index (κ2) is 10.6. The van der Waals surface area contributed by atoms with Crippen LogP contribution in [0.15, 0.2) is 23.8 Å². The minimum atomic E-state index is -1.73. The monoisotopic (exact) mass is 498 g/mol. The molecule has 3 N–H and O–H groups in total. The Hall–Kier alpha value is -1.32. The SMILES string of the molecule is C[C@]12C=CC(=O)C=C1CC[C@@H]1C3CC[C@](O)(C(=O)COC(=O)CCC(=O)O)[C@@]3(C)CC(O)[C@H]12.[CH3][Na]. The van der Waals surface area contributed by atoms with Crippen LogP contribution in [0, 0.1) is 28.6 Å². The van der Waals surface area contributed by atoms with Gasteiger partial charge in [-0.05, 0) is 56.1 Å². The van der Waals surface area contributed by atoms with Gasteiger partial charge < -0.3 is 20.1 Å². The first-order valence-electron chi connectivity index (χ1n) is 12.7. The third kappa shape index (κ3) is 4.85. The third-order valence-electron chi connectivity index (χ3n) is 9.02. The average Bonchev–Trinajstić information content (AvgIpc) is 3.08. The number of aliphatic hydroxyl groups excluding tert-OH is 1. The number of hydrogen-bond acceptors (Lipinski definition) is 7. The van der Waals surface area contributed by atoms with E-state index in [0.29, 0.717) is 6.42 Å². The van der Waals surface area contributed by atoms with Crippen LogP contribution in [0.25, 0.3) is 0 Å². The number of carboxylic acid groups (broad SMARTS) is 1. The van der Waals surface area contributed by atoms with Crippen molar-refractivity contribution in [3.63, 3.8) is 0 Å². The molecule has 4 aliphatic carbocycles. The summed E-state index contributed by atoms with van der Waals surface area (Å²) in [5.74, 6) is -2.58. The van der Waals surface area contributed by atoms with Crippen molar-refractivity contribution < 1.29 is 39.2 Å². The van der Waals surface area contributed by atoms with E-state index in [4.69, 9.17) is 9.84 Å². The number of Topliss-reactive ketones (excluding diaryl/α,β-unsaturated/α-hetero) is 1. The standard InChI is InChI=1S/C25H32O8.CH3.Na/c1-23-9-7-15(26)11-14(23)3-4-16-17-8-10-25(32,24(17,2)12-18(27)22(16)23)19(28)13-33-21(31)6-5-20(29)30;;/h7,9,11,16-18,22,27,32H,3-6,8,10,12-13H2,1-2H3,(H,29,30);1H3;/t16-,17?,18?,22+,23+,24+,25+;;/m1../s1. The van der Waals surface area contributed by atoms with Gasteiger partial charge in [-0.1, -0.05) is 25.5 Å². The van der Waals surface area contributed by atoms with E-state index in [-0.39, 0.29) is 49.2 Å². The molecule has 0 aliphatic heterocycles. The Bertz CT molecular complexity index is 957. The average molecular weight is 499 g/mol. The number of rotatable bonds is 6. The molecule has 0 heterocycles. The zero-order chi connectivity index (χ0) is 26.2. The van der Waals surface area contributed by atoms with E-state index in [1.165, 1.54) is 27.9 Å². The topological polar surface area (TPSA) is 138 Å². The molecule has 8 nitrogen and oxygen atoms in total. The first-order valence-corrected chi connectivity index (χ1v) is 14.7. The number of carbonyl (C=O) groups excluding carboxylic acids is 3. The van der Waals surface area contributed by atoms with Crippen LogP contribution in [0.2, 0.25) is 4.17 Å². The van der Waals surface area contributed by atoms with Gasteiger partial charge in [-0.3, -0.25) is 19.2 Å². The molecule has 2 unspecified atom stereocenters. The fourth-order valence-corrected chi connectivity index (χ4v) is 7.34. The molecule has 0 saturated heterocycles. The molecule has 188 valence electrons. The zero-order valence-corrected chi connectivity index (χ0v) is 23.1. The van der Waals surface area contributed by atoms with E-state index in [9.17, 15) is 29.4 Å². The summed E-state index contributed by atoms with van der Waals surface area (Å²) < 4.78 is 7.10. The van der Waals surface area contributed by atoms with E-state index >= 15 is 0 Å². The Morgan fingerprint density at radius 1 is 1.17 bits per heavy atom. The number of allylic oxidation sites excluding steroid dienone is 4. The van der Waals surface area contributed by atoms with Gasteiger partial charge >= 0.3 is 44.0 Å². The van der Waals surface area contributed by atoms with Crippen LogP contribution in [0.4, 0.5) is 0 Å². The number of ketones is 2.